The molecule has 0 bridgehead atoms. The van der Waals surface area contributed by atoms with E-state index in [9.17, 15) is 5.11 Å². The van der Waals surface area contributed by atoms with E-state index in [4.69, 9.17) is 4.74 Å². The number of hydrogen-bond donors (Lipinski definition) is 1. The number of hydrogen-bond acceptors (Lipinski definition) is 4. The van der Waals surface area contributed by atoms with Crippen molar-refractivity contribution in [2.24, 2.45) is 0 Å². The summed E-state index contributed by atoms with van der Waals surface area (Å²) in [6, 6.07) is 8.74. The minimum absolute atomic E-state index is 0.169. The highest BCUT2D eigenvalue weighted by Crippen LogP contribution is 2.29. The highest BCUT2D eigenvalue weighted by molar-refractivity contribution is 5.58. The van der Waals surface area contributed by atoms with Crippen molar-refractivity contribution in [2.75, 3.05) is 38.8 Å². The van der Waals surface area contributed by atoms with Crippen LogP contribution in [0.15, 0.2) is 24.3 Å². The fourth-order valence-corrected chi connectivity index (χ4v) is 2.68. The molecule has 2 unspecified atom stereocenters. The molecule has 1 N–H and O–H groups in total. The normalized spacial score (nSPS) is 25.2. The van der Waals surface area contributed by atoms with Gasteiger partial charge in [0.2, 0.25) is 0 Å². The zero-order valence-electron chi connectivity index (χ0n) is 12.0. The van der Waals surface area contributed by atoms with Crippen LogP contribution in [0.3, 0.4) is 0 Å². The first-order valence-corrected chi connectivity index (χ1v) is 6.88. The van der Waals surface area contributed by atoms with E-state index < -0.39 is 0 Å². The Hall–Kier alpha value is -1.26. The van der Waals surface area contributed by atoms with E-state index in [0.29, 0.717) is 6.04 Å². The van der Waals surface area contributed by atoms with Gasteiger partial charge in [0, 0.05) is 19.1 Å². The van der Waals surface area contributed by atoms with Gasteiger partial charge in [0.1, 0.15) is 5.75 Å². The molecule has 2 atom stereocenters. The molecule has 1 fully saturated rings. The Morgan fingerprint density at radius 2 is 2.11 bits per heavy atom. The van der Waals surface area contributed by atoms with Crippen molar-refractivity contribution >= 4 is 5.69 Å². The predicted octanol–water partition coefficient (Wildman–Crippen LogP) is 1.59. The van der Waals surface area contributed by atoms with Gasteiger partial charge in [0.15, 0.2) is 0 Å². The maximum Gasteiger partial charge on any atom is 0.142 e. The first kappa shape index (κ1) is 14.2. The Balaban J connectivity index is 2.24. The van der Waals surface area contributed by atoms with Crippen LogP contribution in [0.1, 0.15) is 13.3 Å². The summed E-state index contributed by atoms with van der Waals surface area (Å²) < 4.78 is 5.44. The quantitative estimate of drug-likeness (QED) is 0.899. The van der Waals surface area contributed by atoms with Crippen LogP contribution in [0, 0.1) is 0 Å². The van der Waals surface area contributed by atoms with Crippen LogP contribution in [0.25, 0.3) is 0 Å². The maximum atomic E-state index is 9.60. The number of nitrogens with zero attached hydrogens (tertiary/aromatic N) is 2. The molecule has 1 heterocycles. The molecule has 1 aliphatic rings. The topological polar surface area (TPSA) is 35.9 Å². The van der Waals surface area contributed by atoms with Crippen molar-refractivity contribution in [3.63, 3.8) is 0 Å². The second-order valence-corrected chi connectivity index (χ2v) is 5.26. The first-order chi connectivity index (χ1) is 9.17. The Morgan fingerprint density at radius 3 is 2.79 bits per heavy atom. The lowest BCUT2D eigenvalue weighted by Gasteiger charge is -2.31. The summed E-state index contributed by atoms with van der Waals surface area (Å²) in [5.41, 5.74) is 1.12. The standard InChI is InChI=1S/C15H24N2O2/c1-12-8-9-17(10-13(11-18)16(12)2)14-6-4-5-7-15(14)19-3/h4-7,12-13,18H,8-11H2,1-3H3. The molecule has 19 heavy (non-hydrogen) atoms. The van der Waals surface area contributed by atoms with Crippen LogP contribution in [-0.2, 0) is 0 Å². The van der Waals surface area contributed by atoms with Gasteiger partial charge in [-0.25, -0.2) is 0 Å². The van der Waals surface area contributed by atoms with Crippen LogP contribution in [-0.4, -0.2) is 55.9 Å². The molecule has 0 aliphatic carbocycles. The Kier molecular flexibility index (Phi) is 4.66. The average Bonchev–Trinajstić information content (AvgIpc) is 2.59. The molecule has 4 heteroatoms. The summed E-state index contributed by atoms with van der Waals surface area (Å²) in [7, 11) is 3.80. The van der Waals surface area contributed by atoms with Crippen LogP contribution in [0.2, 0.25) is 0 Å². The number of rotatable bonds is 3. The molecule has 1 aromatic carbocycles. The Bertz CT molecular complexity index is 411. The molecule has 0 radical (unpaired) electrons. The lowest BCUT2D eigenvalue weighted by Crippen LogP contribution is -2.44. The van der Waals surface area contributed by atoms with E-state index in [1.54, 1.807) is 7.11 Å². The van der Waals surface area contributed by atoms with E-state index >= 15 is 0 Å². The minimum atomic E-state index is 0.169. The second kappa shape index (κ2) is 6.26. The van der Waals surface area contributed by atoms with Crippen LogP contribution in [0.4, 0.5) is 5.69 Å². The minimum Gasteiger partial charge on any atom is -0.495 e. The Morgan fingerprint density at radius 1 is 1.37 bits per heavy atom. The number of ether oxygens (including phenoxy) is 1. The smallest absolute Gasteiger partial charge is 0.142 e. The number of likely N-dealkylation sites (N-methyl/N-ethyl adjacent to an activating group) is 1. The predicted molar refractivity (Wildman–Crippen MR) is 77.9 cm³/mol. The number of aliphatic hydroxyl groups is 1. The van der Waals surface area contributed by atoms with Gasteiger partial charge in [-0.15, -0.1) is 0 Å². The number of para-hydroxylation sites is 2. The van der Waals surface area contributed by atoms with E-state index in [1.165, 1.54) is 0 Å². The molecule has 1 saturated heterocycles. The number of methoxy groups -OCH3 is 1. The highest BCUT2D eigenvalue weighted by Gasteiger charge is 2.27. The third-order valence-electron chi connectivity index (χ3n) is 4.16. The van der Waals surface area contributed by atoms with Crippen LogP contribution >= 0.6 is 0 Å². The molecule has 0 saturated carbocycles. The van der Waals surface area contributed by atoms with E-state index in [0.717, 1.165) is 30.9 Å². The van der Waals surface area contributed by atoms with Crippen molar-refractivity contribution in [3.05, 3.63) is 24.3 Å². The third kappa shape index (κ3) is 3.01. The van der Waals surface area contributed by atoms with Crippen molar-refractivity contribution in [1.29, 1.82) is 0 Å². The second-order valence-electron chi connectivity index (χ2n) is 5.26. The fraction of sp³-hybridized carbons (Fsp3) is 0.600. The maximum absolute atomic E-state index is 9.60. The van der Waals surface area contributed by atoms with Crippen molar-refractivity contribution < 1.29 is 9.84 Å². The Labute approximate surface area is 115 Å². The highest BCUT2D eigenvalue weighted by atomic mass is 16.5. The van der Waals surface area contributed by atoms with Crippen molar-refractivity contribution in [2.45, 2.75) is 25.4 Å². The monoisotopic (exact) mass is 264 g/mol. The summed E-state index contributed by atoms with van der Waals surface area (Å²) >= 11 is 0. The lowest BCUT2D eigenvalue weighted by atomic mass is 10.2. The number of benzene rings is 1. The molecule has 4 nitrogen and oxygen atoms in total. The zero-order chi connectivity index (χ0) is 13.8. The molecule has 0 spiro atoms. The van der Waals surface area contributed by atoms with Gasteiger partial charge in [-0.1, -0.05) is 12.1 Å². The van der Waals surface area contributed by atoms with Gasteiger partial charge < -0.3 is 14.7 Å². The van der Waals surface area contributed by atoms with Crippen molar-refractivity contribution in [3.8, 4) is 5.75 Å². The lowest BCUT2D eigenvalue weighted by molar-refractivity contribution is 0.127. The van der Waals surface area contributed by atoms with Gasteiger partial charge in [0.25, 0.3) is 0 Å². The van der Waals surface area contributed by atoms with Crippen LogP contribution in [0.5, 0.6) is 5.75 Å². The molecule has 2 rings (SSSR count). The van der Waals surface area contributed by atoms with Gasteiger partial charge in [-0.3, -0.25) is 4.90 Å². The molecule has 1 aliphatic heterocycles. The summed E-state index contributed by atoms with van der Waals surface area (Å²) in [6.45, 7) is 4.22. The summed E-state index contributed by atoms with van der Waals surface area (Å²) in [5, 5.41) is 9.60. The summed E-state index contributed by atoms with van der Waals surface area (Å²) in [4.78, 5) is 4.59. The van der Waals surface area contributed by atoms with Crippen LogP contribution < -0.4 is 9.64 Å². The zero-order valence-corrected chi connectivity index (χ0v) is 12.0. The number of anilines is 1. The van der Waals surface area contributed by atoms with E-state index in [-0.39, 0.29) is 12.6 Å². The van der Waals surface area contributed by atoms with Gasteiger partial charge in [-0.2, -0.15) is 0 Å². The largest absolute Gasteiger partial charge is 0.495 e. The SMILES string of the molecule is COc1ccccc1N1CCC(C)N(C)C(CO)C1. The number of aliphatic hydroxyl groups excluding tert-OH is 1. The summed E-state index contributed by atoms with van der Waals surface area (Å²) in [6.07, 6.45) is 1.09. The third-order valence-corrected chi connectivity index (χ3v) is 4.16. The molecule has 0 aromatic heterocycles. The molecule has 106 valence electrons. The van der Waals surface area contributed by atoms with Crippen molar-refractivity contribution in [1.82, 2.24) is 4.90 Å². The van der Waals surface area contributed by atoms with Gasteiger partial charge >= 0.3 is 0 Å². The molecular formula is C15H24N2O2. The molecule has 0 amide bonds. The molecular weight excluding hydrogens is 240 g/mol. The van der Waals surface area contributed by atoms with E-state index in [1.807, 2.05) is 18.2 Å². The summed E-state index contributed by atoms with van der Waals surface area (Å²) in [5.74, 6) is 0.899. The van der Waals surface area contributed by atoms with E-state index in [2.05, 4.69) is 29.8 Å². The van der Waals surface area contributed by atoms with Gasteiger partial charge in [-0.05, 0) is 32.5 Å². The molecule has 1 aromatic rings. The first-order valence-electron chi connectivity index (χ1n) is 6.88. The van der Waals surface area contributed by atoms with Gasteiger partial charge in [0.05, 0.1) is 25.4 Å². The fourth-order valence-electron chi connectivity index (χ4n) is 2.68. The average molecular weight is 264 g/mol.